The highest BCUT2D eigenvalue weighted by Gasteiger charge is 2.22. The molecule has 1 aromatic carbocycles. The second-order valence-corrected chi connectivity index (χ2v) is 6.02. The van der Waals surface area contributed by atoms with Crippen molar-refractivity contribution in [3.63, 3.8) is 0 Å². The molecular weight excluding hydrogens is 220 g/mol. The lowest BCUT2D eigenvalue weighted by Crippen LogP contribution is -2.28. The van der Waals surface area contributed by atoms with Gasteiger partial charge < -0.3 is 4.74 Å². The number of ether oxygens (including phenoxy) is 1. The van der Waals surface area contributed by atoms with Gasteiger partial charge in [-0.3, -0.25) is 4.79 Å². The van der Waals surface area contributed by atoms with Crippen molar-refractivity contribution in [3.8, 4) is 0 Å². The molecule has 0 aliphatic heterocycles. The van der Waals surface area contributed by atoms with Gasteiger partial charge in [-0.2, -0.15) is 0 Å². The fraction of sp³-hybridized carbons (Fsp3) is 0.462. The van der Waals surface area contributed by atoms with Gasteiger partial charge >= 0.3 is 5.97 Å². The Morgan fingerprint density at radius 3 is 2.31 bits per heavy atom. The molecule has 0 aliphatic rings. The first-order valence-corrected chi connectivity index (χ1v) is 6.21. The molecule has 0 radical (unpaired) electrons. The Labute approximate surface area is 101 Å². The Kier molecular flexibility index (Phi) is 4.42. The van der Waals surface area contributed by atoms with Crippen LogP contribution in [0.4, 0.5) is 0 Å². The molecule has 0 saturated carbocycles. The predicted molar refractivity (Wildman–Crippen MR) is 67.6 cm³/mol. The smallest absolute Gasteiger partial charge is 0.319 e. The first-order valence-electron chi connectivity index (χ1n) is 5.33. The van der Waals surface area contributed by atoms with E-state index >= 15 is 0 Å². The molecule has 16 heavy (non-hydrogen) atoms. The zero-order valence-corrected chi connectivity index (χ0v) is 11.0. The highest BCUT2D eigenvalue weighted by molar-refractivity contribution is 8.00. The minimum Gasteiger partial charge on any atom is -0.459 e. The largest absolute Gasteiger partial charge is 0.459 e. The lowest BCUT2D eigenvalue weighted by atomic mass is 10.2. The summed E-state index contributed by atoms with van der Waals surface area (Å²) in [5.74, 6) is -0.165. The number of carbonyl (C=O) groups excluding carboxylic acids is 1. The van der Waals surface area contributed by atoms with E-state index < -0.39 is 5.60 Å². The molecule has 0 heterocycles. The SMILES string of the molecule is CC(Sc1ccccc1)C(=O)OC(C)(C)C. The molecule has 0 fully saturated rings. The van der Waals surface area contributed by atoms with Crippen molar-refractivity contribution >= 4 is 17.7 Å². The van der Waals surface area contributed by atoms with Gasteiger partial charge in [0.15, 0.2) is 0 Å². The van der Waals surface area contributed by atoms with Crippen LogP contribution in [-0.4, -0.2) is 16.8 Å². The van der Waals surface area contributed by atoms with Crippen molar-refractivity contribution in [2.24, 2.45) is 0 Å². The third-order valence-electron chi connectivity index (χ3n) is 1.79. The first-order chi connectivity index (χ1) is 7.38. The number of hydrogen-bond donors (Lipinski definition) is 0. The van der Waals surface area contributed by atoms with Gasteiger partial charge in [-0.05, 0) is 39.8 Å². The fourth-order valence-electron chi connectivity index (χ4n) is 1.14. The standard InChI is InChI=1S/C13H18O2S/c1-10(12(14)15-13(2,3)4)16-11-8-6-5-7-9-11/h5-10H,1-4H3. The van der Waals surface area contributed by atoms with Crippen LogP contribution in [0.5, 0.6) is 0 Å². The predicted octanol–water partition coefficient (Wildman–Crippen LogP) is 3.51. The maximum absolute atomic E-state index is 11.7. The van der Waals surface area contributed by atoms with Gasteiger partial charge in [-0.15, -0.1) is 11.8 Å². The lowest BCUT2D eigenvalue weighted by Gasteiger charge is -2.22. The monoisotopic (exact) mass is 238 g/mol. The molecule has 1 atom stereocenters. The third kappa shape index (κ3) is 4.71. The summed E-state index contributed by atoms with van der Waals surface area (Å²) in [4.78, 5) is 12.8. The number of benzene rings is 1. The van der Waals surface area contributed by atoms with Gasteiger partial charge in [-0.25, -0.2) is 0 Å². The molecule has 0 N–H and O–H groups in total. The van der Waals surface area contributed by atoms with Crippen LogP contribution in [0.2, 0.25) is 0 Å². The molecule has 0 saturated heterocycles. The number of carbonyl (C=O) groups is 1. The van der Waals surface area contributed by atoms with E-state index in [0.29, 0.717) is 0 Å². The molecule has 1 unspecified atom stereocenters. The summed E-state index contributed by atoms with van der Waals surface area (Å²) in [5.41, 5.74) is -0.414. The van der Waals surface area contributed by atoms with Gasteiger partial charge in [-0.1, -0.05) is 18.2 Å². The maximum atomic E-state index is 11.7. The molecule has 0 aliphatic carbocycles. The third-order valence-corrected chi connectivity index (χ3v) is 2.89. The van der Waals surface area contributed by atoms with E-state index in [2.05, 4.69) is 0 Å². The van der Waals surface area contributed by atoms with Crippen LogP contribution >= 0.6 is 11.8 Å². The van der Waals surface area contributed by atoms with Crippen molar-refractivity contribution in [1.82, 2.24) is 0 Å². The van der Waals surface area contributed by atoms with E-state index in [4.69, 9.17) is 4.74 Å². The minimum absolute atomic E-state index is 0.165. The average Bonchev–Trinajstić information content (AvgIpc) is 2.16. The minimum atomic E-state index is -0.414. The normalized spacial score (nSPS) is 13.2. The summed E-state index contributed by atoms with van der Waals surface area (Å²) in [6.45, 7) is 7.51. The first kappa shape index (κ1) is 13.1. The van der Waals surface area contributed by atoms with E-state index in [1.54, 1.807) is 0 Å². The van der Waals surface area contributed by atoms with Gasteiger partial charge in [0.25, 0.3) is 0 Å². The van der Waals surface area contributed by atoms with Gasteiger partial charge in [0.2, 0.25) is 0 Å². The fourth-order valence-corrected chi connectivity index (χ4v) is 2.00. The van der Waals surface area contributed by atoms with Crippen LogP contribution in [0.15, 0.2) is 35.2 Å². The van der Waals surface area contributed by atoms with E-state index in [1.807, 2.05) is 58.0 Å². The van der Waals surface area contributed by atoms with Crippen LogP contribution < -0.4 is 0 Å². The molecule has 0 spiro atoms. The molecule has 1 rings (SSSR count). The molecule has 2 nitrogen and oxygen atoms in total. The van der Waals surface area contributed by atoms with Crippen molar-refractivity contribution in [2.45, 2.75) is 43.4 Å². The van der Waals surface area contributed by atoms with Crippen molar-refractivity contribution in [1.29, 1.82) is 0 Å². The Hall–Kier alpha value is -0.960. The molecule has 1 aromatic rings. The summed E-state index contributed by atoms with van der Waals surface area (Å²) in [6.07, 6.45) is 0. The van der Waals surface area contributed by atoms with E-state index in [0.717, 1.165) is 4.90 Å². The van der Waals surface area contributed by atoms with Crippen LogP contribution in [0, 0.1) is 0 Å². The van der Waals surface area contributed by atoms with Crippen LogP contribution in [0.25, 0.3) is 0 Å². The van der Waals surface area contributed by atoms with Gasteiger partial charge in [0, 0.05) is 4.90 Å². The van der Waals surface area contributed by atoms with Gasteiger partial charge in [0.05, 0.1) is 0 Å². The van der Waals surface area contributed by atoms with Crippen molar-refractivity contribution in [3.05, 3.63) is 30.3 Å². The summed E-state index contributed by atoms with van der Waals surface area (Å²) in [6, 6.07) is 9.87. The summed E-state index contributed by atoms with van der Waals surface area (Å²) >= 11 is 1.52. The number of esters is 1. The molecule has 0 aromatic heterocycles. The van der Waals surface area contributed by atoms with Crippen LogP contribution in [-0.2, 0) is 9.53 Å². The summed E-state index contributed by atoms with van der Waals surface area (Å²) in [7, 11) is 0. The Morgan fingerprint density at radius 2 is 1.81 bits per heavy atom. The molecule has 0 amide bonds. The van der Waals surface area contributed by atoms with E-state index in [-0.39, 0.29) is 11.2 Å². The highest BCUT2D eigenvalue weighted by Crippen LogP contribution is 2.24. The number of thioether (sulfide) groups is 1. The zero-order valence-electron chi connectivity index (χ0n) is 10.2. The zero-order chi connectivity index (χ0) is 12.2. The Balaban J connectivity index is 2.53. The second kappa shape index (κ2) is 5.39. The molecular formula is C13H18O2S. The second-order valence-electron chi connectivity index (χ2n) is 4.61. The summed E-state index contributed by atoms with van der Waals surface area (Å²) in [5, 5.41) is -0.179. The average molecular weight is 238 g/mol. The number of hydrogen-bond acceptors (Lipinski definition) is 3. The maximum Gasteiger partial charge on any atom is 0.319 e. The molecule has 3 heteroatoms. The quantitative estimate of drug-likeness (QED) is 0.595. The Morgan fingerprint density at radius 1 is 1.25 bits per heavy atom. The number of rotatable bonds is 3. The molecule has 0 bridgehead atoms. The highest BCUT2D eigenvalue weighted by atomic mass is 32.2. The van der Waals surface area contributed by atoms with Crippen molar-refractivity contribution in [2.75, 3.05) is 0 Å². The Bertz CT molecular complexity index is 341. The van der Waals surface area contributed by atoms with Crippen LogP contribution in [0.1, 0.15) is 27.7 Å². The van der Waals surface area contributed by atoms with E-state index in [1.165, 1.54) is 11.8 Å². The van der Waals surface area contributed by atoms with Crippen molar-refractivity contribution < 1.29 is 9.53 Å². The van der Waals surface area contributed by atoms with Gasteiger partial charge in [0.1, 0.15) is 10.9 Å². The lowest BCUT2D eigenvalue weighted by molar-refractivity contribution is -0.153. The molecule has 88 valence electrons. The van der Waals surface area contributed by atoms with E-state index in [9.17, 15) is 4.79 Å². The summed E-state index contributed by atoms with van der Waals surface area (Å²) < 4.78 is 5.31. The van der Waals surface area contributed by atoms with Crippen LogP contribution in [0.3, 0.4) is 0 Å². The topological polar surface area (TPSA) is 26.3 Å².